The summed E-state index contributed by atoms with van der Waals surface area (Å²) in [5.41, 5.74) is 6.49. The highest BCUT2D eigenvalue weighted by atomic mass is 32.2. The van der Waals surface area contributed by atoms with Crippen molar-refractivity contribution in [2.75, 3.05) is 11.5 Å². The minimum absolute atomic E-state index is 0.516. The van der Waals surface area contributed by atoms with E-state index in [-0.39, 0.29) is 0 Å². The van der Waals surface area contributed by atoms with Crippen LogP contribution < -0.4 is 5.73 Å². The molecule has 0 aliphatic heterocycles. The second-order valence-corrected chi connectivity index (χ2v) is 6.45. The van der Waals surface area contributed by atoms with Crippen molar-refractivity contribution in [1.82, 2.24) is 15.1 Å². The van der Waals surface area contributed by atoms with Crippen molar-refractivity contribution in [1.29, 1.82) is 0 Å². The van der Waals surface area contributed by atoms with Crippen LogP contribution in [0, 0.1) is 12.8 Å². The first kappa shape index (κ1) is 13.4. The average molecular weight is 284 g/mol. The summed E-state index contributed by atoms with van der Waals surface area (Å²) in [6.45, 7) is 6.27. The molecule has 0 amide bonds. The Kier molecular flexibility index (Phi) is 4.23. The van der Waals surface area contributed by atoms with E-state index < -0.39 is 0 Å². The number of anilines is 1. The third-order valence-corrected chi connectivity index (χ3v) is 4.50. The molecule has 98 valence electrons. The minimum atomic E-state index is 0.516. The van der Waals surface area contributed by atoms with Gasteiger partial charge in [-0.15, -0.1) is 0 Å². The lowest BCUT2D eigenvalue weighted by Gasteiger charge is -2.00. The van der Waals surface area contributed by atoms with Gasteiger partial charge in [-0.3, -0.25) is 0 Å². The zero-order chi connectivity index (χ0) is 13.1. The molecule has 2 aromatic rings. The number of hydrogen-bond donors (Lipinski definition) is 1. The molecule has 2 aromatic heterocycles. The Morgan fingerprint density at radius 3 is 2.78 bits per heavy atom. The summed E-state index contributed by atoms with van der Waals surface area (Å²) in [6.07, 6.45) is 0. The third kappa shape index (κ3) is 3.23. The van der Waals surface area contributed by atoms with Crippen LogP contribution in [0.1, 0.15) is 25.4 Å². The van der Waals surface area contributed by atoms with Crippen LogP contribution in [0.5, 0.6) is 0 Å². The molecule has 18 heavy (non-hydrogen) atoms. The van der Waals surface area contributed by atoms with Crippen molar-refractivity contribution in [3.8, 4) is 10.8 Å². The number of aromatic nitrogens is 3. The maximum absolute atomic E-state index is 5.65. The van der Waals surface area contributed by atoms with Crippen molar-refractivity contribution in [2.45, 2.75) is 26.5 Å². The van der Waals surface area contributed by atoms with Gasteiger partial charge in [-0.25, -0.2) is 4.98 Å². The lowest BCUT2D eigenvalue weighted by Crippen LogP contribution is -1.92. The second kappa shape index (κ2) is 5.71. The fourth-order valence-electron chi connectivity index (χ4n) is 1.41. The van der Waals surface area contributed by atoms with Gasteiger partial charge in [0.15, 0.2) is 11.0 Å². The highest BCUT2D eigenvalue weighted by molar-refractivity contribution is 7.98. The molecule has 2 N–H and O–H groups in total. The molecule has 0 bridgehead atoms. The molecule has 0 fully saturated rings. The summed E-state index contributed by atoms with van der Waals surface area (Å²) in [7, 11) is 0. The highest BCUT2D eigenvalue weighted by Gasteiger charge is 2.15. The predicted octanol–water partition coefficient (Wildman–Crippen LogP) is 2.97. The van der Waals surface area contributed by atoms with Crippen LogP contribution >= 0.6 is 23.1 Å². The van der Waals surface area contributed by atoms with Crippen LogP contribution in [-0.2, 0) is 5.75 Å². The molecule has 0 unspecified atom stereocenters. The maximum atomic E-state index is 5.65. The average Bonchev–Trinajstić information content (AvgIpc) is 2.85. The molecule has 0 radical (unpaired) electrons. The summed E-state index contributed by atoms with van der Waals surface area (Å²) in [5, 5.41) is 4.50. The van der Waals surface area contributed by atoms with Gasteiger partial charge in [-0.1, -0.05) is 30.3 Å². The quantitative estimate of drug-likeness (QED) is 0.909. The standard InChI is InChI=1S/C11H16N4OS2/c1-6(2)4-17-5-8-14-10(16-15-8)9-7(3)13-11(12)18-9/h6H,4-5H2,1-3H3,(H2,12,13). The molecule has 0 aromatic carbocycles. The van der Waals surface area contributed by atoms with Gasteiger partial charge in [0.2, 0.25) is 0 Å². The van der Waals surface area contributed by atoms with Gasteiger partial charge < -0.3 is 10.3 Å². The van der Waals surface area contributed by atoms with Gasteiger partial charge in [0.1, 0.15) is 4.88 Å². The number of rotatable bonds is 5. The summed E-state index contributed by atoms with van der Waals surface area (Å²) in [4.78, 5) is 9.37. The van der Waals surface area contributed by atoms with E-state index in [0.717, 1.165) is 27.9 Å². The monoisotopic (exact) mass is 284 g/mol. The van der Waals surface area contributed by atoms with E-state index in [2.05, 4.69) is 29.0 Å². The molecule has 2 heterocycles. The van der Waals surface area contributed by atoms with Gasteiger partial charge in [0, 0.05) is 0 Å². The molecule has 0 aliphatic carbocycles. The zero-order valence-corrected chi connectivity index (χ0v) is 12.3. The lowest BCUT2D eigenvalue weighted by molar-refractivity contribution is 0.425. The Morgan fingerprint density at radius 1 is 1.39 bits per heavy atom. The molecule has 0 spiro atoms. The number of nitrogens with two attached hydrogens (primary N) is 1. The SMILES string of the molecule is Cc1nc(N)sc1-c1nc(CSCC(C)C)no1. The predicted molar refractivity (Wildman–Crippen MR) is 75.6 cm³/mol. The molecule has 0 saturated carbocycles. The number of hydrogen-bond acceptors (Lipinski definition) is 7. The van der Waals surface area contributed by atoms with Crippen molar-refractivity contribution in [3.05, 3.63) is 11.5 Å². The molecule has 7 heteroatoms. The normalized spacial score (nSPS) is 11.3. The van der Waals surface area contributed by atoms with Crippen LogP contribution in [0.25, 0.3) is 10.8 Å². The van der Waals surface area contributed by atoms with Gasteiger partial charge in [-0.05, 0) is 18.6 Å². The second-order valence-electron chi connectivity index (χ2n) is 4.39. The van der Waals surface area contributed by atoms with Gasteiger partial charge >= 0.3 is 0 Å². The molecule has 5 nitrogen and oxygen atoms in total. The first-order valence-corrected chi connectivity index (χ1v) is 7.67. The van der Waals surface area contributed by atoms with Crippen molar-refractivity contribution >= 4 is 28.2 Å². The molecule has 0 atom stereocenters. The van der Waals surface area contributed by atoms with E-state index >= 15 is 0 Å². The fraction of sp³-hybridized carbons (Fsp3) is 0.545. The van der Waals surface area contributed by atoms with Gasteiger partial charge in [0.05, 0.1) is 11.4 Å². The molecular formula is C11H16N4OS2. The Labute approximate surface area is 114 Å². The first-order chi connectivity index (χ1) is 8.56. The summed E-state index contributed by atoms with van der Waals surface area (Å²) >= 11 is 3.18. The fourth-order valence-corrected chi connectivity index (χ4v) is 3.05. The van der Waals surface area contributed by atoms with E-state index in [1.807, 2.05) is 18.7 Å². The maximum Gasteiger partial charge on any atom is 0.270 e. The highest BCUT2D eigenvalue weighted by Crippen LogP contribution is 2.30. The topological polar surface area (TPSA) is 77.8 Å². The molecular weight excluding hydrogens is 268 g/mol. The van der Waals surface area contributed by atoms with E-state index in [9.17, 15) is 0 Å². The molecule has 2 rings (SSSR count). The number of nitrogens with zero attached hydrogens (tertiary/aromatic N) is 3. The molecule has 0 saturated heterocycles. The number of aryl methyl sites for hydroxylation is 1. The Hall–Kier alpha value is -1.08. The van der Waals surface area contributed by atoms with E-state index in [4.69, 9.17) is 10.3 Å². The van der Waals surface area contributed by atoms with Crippen molar-refractivity contribution in [3.63, 3.8) is 0 Å². The minimum Gasteiger partial charge on any atom is -0.375 e. The molecule has 0 aliphatic rings. The van der Waals surface area contributed by atoms with Crippen LogP contribution in [0.3, 0.4) is 0 Å². The first-order valence-electron chi connectivity index (χ1n) is 5.70. The zero-order valence-electron chi connectivity index (χ0n) is 10.6. The number of nitrogen functional groups attached to an aromatic ring is 1. The van der Waals surface area contributed by atoms with E-state index in [1.54, 1.807) is 0 Å². The summed E-state index contributed by atoms with van der Waals surface area (Å²) in [5.74, 6) is 3.78. The van der Waals surface area contributed by atoms with Crippen LogP contribution in [-0.4, -0.2) is 20.9 Å². The van der Waals surface area contributed by atoms with Crippen LogP contribution in [0.4, 0.5) is 5.13 Å². The summed E-state index contributed by atoms with van der Waals surface area (Å²) in [6, 6.07) is 0. The number of thioether (sulfide) groups is 1. The van der Waals surface area contributed by atoms with Gasteiger partial charge in [-0.2, -0.15) is 16.7 Å². The number of thiazole rings is 1. The van der Waals surface area contributed by atoms with Crippen molar-refractivity contribution in [2.24, 2.45) is 5.92 Å². The van der Waals surface area contributed by atoms with E-state index in [1.165, 1.54) is 11.3 Å². The Morgan fingerprint density at radius 2 is 2.17 bits per heavy atom. The smallest absolute Gasteiger partial charge is 0.270 e. The van der Waals surface area contributed by atoms with Crippen LogP contribution in [0.15, 0.2) is 4.52 Å². The Balaban J connectivity index is 2.04. The van der Waals surface area contributed by atoms with Crippen molar-refractivity contribution < 1.29 is 4.52 Å². The lowest BCUT2D eigenvalue weighted by atomic mass is 10.3. The Bertz CT molecular complexity index is 521. The van der Waals surface area contributed by atoms with Gasteiger partial charge in [0.25, 0.3) is 5.89 Å². The van der Waals surface area contributed by atoms with Crippen LogP contribution in [0.2, 0.25) is 0 Å². The van der Waals surface area contributed by atoms with E-state index in [0.29, 0.717) is 16.9 Å². The third-order valence-electron chi connectivity index (χ3n) is 2.16. The summed E-state index contributed by atoms with van der Waals surface area (Å²) < 4.78 is 5.24. The largest absolute Gasteiger partial charge is 0.375 e.